The molecule has 0 saturated heterocycles. The maximum Gasteiger partial charge on any atom is 0.307 e. The second-order valence-corrected chi connectivity index (χ2v) is 3.96. The molecule has 1 aromatic heterocycles. The van der Waals surface area contributed by atoms with Crippen molar-refractivity contribution >= 4 is 34.6 Å². The van der Waals surface area contributed by atoms with E-state index in [-0.39, 0.29) is 12.4 Å². The third-order valence-electron chi connectivity index (χ3n) is 2.53. The van der Waals surface area contributed by atoms with E-state index in [9.17, 15) is 4.79 Å². The first kappa shape index (κ1) is 11.7. The summed E-state index contributed by atoms with van der Waals surface area (Å²) in [5.74, 6) is 0.0604. The van der Waals surface area contributed by atoms with Crippen LogP contribution in [0.2, 0.25) is 5.02 Å². The molecular formula is C11H12ClN3O2. The van der Waals surface area contributed by atoms with Gasteiger partial charge in [-0.05, 0) is 12.1 Å². The zero-order valence-corrected chi connectivity index (χ0v) is 10.1. The van der Waals surface area contributed by atoms with E-state index < -0.39 is 0 Å². The number of imidazole rings is 1. The van der Waals surface area contributed by atoms with E-state index in [1.165, 1.54) is 7.11 Å². The van der Waals surface area contributed by atoms with Crippen LogP contribution in [0.25, 0.3) is 11.0 Å². The first-order valence-corrected chi connectivity index (χ1v) is 5.48. The molecule has 2 rings (SSSR count). The van der Waals surface area contributed by atoms with E-state index in [1.807, 2.05) is 12.1 Å². The predicted octanol–water partition coefficient (Wildman–Crippen LogP) is 1.83. The van der Waals surface area contributed by atoms with Crippen LogP contribution in [0.3, 0.4) is 0 Å². The van der Waals surface area contributed by atoms with Crippen molar-refractivity contribution in [1.29, 1.82) is 0 Å². The fraction of sp³-hybridized carbons (Fsp3) is 0.273. The lowest BCUT2D eigenvalue weighted by Gasteiger charge is -2.05. The molecule has 6 heteroatoms. The number of esters is 1. The van der Waals surface area contributed by atoms with Gasteiger partial charge in [-0.15, -0.1) is 0 Å². The van der Waals surface area contributed by atoms with Crippen LogP contribution < -0.4 is 5.73 Å². The van der Waals surface area contributed by atoms with Crippen molar-refractivity contribution in [2.45, 2.75) is 13.0 Å². The van der Waals surface area contributed by atoms with Crippen molar-refractivity contribution in [3.63, 3.8) is 0 Å². The number of hydrogen-bond acceptors (Lipinski definition) is 4. The van der Waals surface area contributed by atoms with Crippen LogP contribution in [0.4, 0.5) is 5.95 Å². The average molecular weight is 254 g/mol. The zero-order chi connectivity index (χ0) is 12.4. The molecule has 5 nitrogen and oxygen atoms in total. The largest absolute Gasteiger partial charge is 0.469 e. The Morgan fingerprint density at radius 3 is 3.06 bits per heavy atom. The first-order chi connectivity index (χ1) is 8.13. The quantitative estimate of drug-likeness (QED) is 0.848. The minimum absolute atomic E-state index is 0.249. The smallest absolute Gasteiger partial charge is 0.307 e. The van der Waals surface area contributed by atoms with E-state index in [4.69, 9.17) is 17.3 Å². The summed E-state index contributed by atoms with van der Waals surface area (Å²) in [6.45, 7) is 0.426. The van der Waals surface area contributed by atoms with Gasteiger partial charge in [0.2, 0.25) is 5.95 Å². The molecule has 1 heterocycles. The molecule has 0 amide bonds. The van der Waals surface area contributed by atoms with Crippen LogP contribution in [0, 0.1) is 0 Å². The van der Waals surface area contributed by atoms with Crippen LogP contribution in [0.5, 0.6) is 0 Å². The maximum absolute atomic E-state index is 11.1. The fourth-order valence-corrected chi connectivity index (χ4v) is 1.88. The summed E-state index contributed by atoms with van der Waals surface area (Å²) in [4.78, 5) is 15.3. The maximum atomic E-state index is 11.1. The normalized spacial score (nSPS) is 10.7. The number of halogens is 1. The summed E-state index contributed by atoms with van der Waals surface area (Å²) in [6.07, 6.45) is 0.249. The zero-order valence-electron chi connectivity index (χ0n) is 9.31. The fourth-order valence-electron chi connectivity index (χ4n) is 1.67. The number of benzene rings is 1. The summed E-state index contributed by atoms with van der Waals surface area (Å²) in [5.41, 5.74) is 7.26. The Bertz CT molecular complexity index is 565. The van der Waals surface area contributed by atoms with Gasteiger partial charge in [0.25, 0.3) is 0 Å². The van der Waals surface area contributed by atoms with E-state index in [2.05, 4.69) is 9.72 Å². The molecule has 1 aromatic carbocycles. The lowest BCUT2D eigenvalue weighted by atomic mass is 10.3. The van der Waals surface area contributed by atoms with Crippen molar-refractivity contribution < 1.29 is 9.53 Å². The van der Waals surface area contributed by atoms with Crippen LogP contribution >= 0.6 is 11.6 Å². The van der Waals surface area contributed by atoms with Gasteiger partial charge in [-0.3, -0.25) is 4.79 Å². The van der Waals surface area contributed by atoms with Crippen molar-refractivity contribution in [2.24, 2.45) is 0 Å². The van der Waals surface area contributed by atoms with Gasteiger partial charge >= 0.3 is 5.97 Å². The lowest BCUT2D eigenvalue weighted by molar-refractivity contribution is -0.140. The molecule has 0 atom stereocenters. The van der Waals surface area contributed by atoms with E-state index in [0.717, 1.165) is 5.52 Å². The molecule has 0 radical (unpaired) electrons. The van der Waals surface area contributed by atoms with Crippen molar-refractivity contribution in [3.05, 3.63) is 23.2 Å². The lowest BCUT2D eigenvalue weighted by Crippen LogP contribution is -2.09. The van der Waals surface area contributed by atoms with Crippen molar-refractivity contribution in [1.82, 2.24) is 9.55 Å². The molecule has 0 aliphatic carbocycles. The molecule has 0 bridgehead atoms. The highest BCUT2D eigenvalue weighted by Crippen LogP contribution is 2.25. The van der Waals surface area contributed by atoms with Crippen molar-refractivity contribution in [3.8, 4) is 0 Å². The Kier molecular flexibility index (Phi) is 3.19. The monoisotopic (exact) mass is 253 g/mol. The minimum Gasteiger partial charge on any atom is -0.469 e. The minimum atomic E-state index is -0.284. The Hall–Kier alpha value is -1.75. The first-order valence-electron chi connectivity index (χ1n) is 5.10. The molecule has 0 fully saturated rings. The Morgan fingerprint density at radius 2 is 2.35 bits per heavy atom. The number of rotatable bonds is 3. The molecule has 2 aromatic rings. The number of fused-ring (bicyclic) bond motifs is 1. The topological polar surface area (TPSA) is 70.1 Å². The second-order valence-electron chi connectivity index (χ2n) is 3.56. The van der Waals surface area contributed by atoms with Gasteiger partial charge in [0.1, 0.15) is 5.52 Å². The predicted molar refractivity (Wildman–Crippen MR) is 65.8 cm³/mol. The standard InChI is InChI=1S/C11H12ClN3O2/c1-17-9(16)5-6-15-8-4-2-3-7(12)10(8)14-11(15)13/h2-4H,5-6H2,1H3,(H2,13,14). The van der Waals surface area contributed by atoms with Crippen LogP contribution in [0.1, 0.15) is 6.42 Å². The second kappa shape index (κ2) is 4.63. The highest BCUT2D eigenvalue weighted by molar-refractivity contribution is 6.35. The number of aryl methyl sites for hydroxylation is 1. The summed E-state index contributed by atoms with van der Waals surface area (Å²) in [5, 5.41) is 0.547. The molecule has 0 unspecified atom stereocenters. The van der Waals surface area contributed by atoms with Gasteiger partial charge in [-0.1, -0.05) is 17.7 Å². The summed E-state index contributed by atoms with van der Waals surface area (Å²) in [6, 6.07) is 5.43. The summed E-state index contributed by atoms with van der Waals surface area (Å²) >= 11 is 6.01. The molecule has 90 valence electrons. The van der Waals surface area contributed by atoms with Crippen LogP contribution in [-0.2, 0) is 16.1 Å². The molecule has 0 saturated carbocycles. The van der Waals surface area contributed by atoms with E-state index in [1.54, 1.807) is 10.6 Å². The number of para-hydroxylation sites is 1. The van der Waals surface area contributed by atoms with Crippen LogP contribution in [0.15, 0.2) is 18.2 Å². The third kappa shape index (κ3) is 2.19. The molecular weight excluding hydrogens is 242 g/mol. The number of nitrogens with two attached hydrogens (primary N) is 1. The van der Waals surface area contributed by atoms with Gasteiger partial charge in [0, 0.05) is 6.54 Å². The van der Waals surface area contributed by atoms with Gasteiger partial charge in [0.15, 0.2) is 0 Å². The average Bonchev–Trinajstić information content (AvgIpc) is 2.64. The third-order valence-corrected chi connectivity index (χ3v) is 2.83. The number of methoxy groups -OCH3 is 1. The summed E-state index contributed by atoms with van der Waals surface area (Å²) < 4.78 is 6.33. The molecule has 2 N–H and O–H groups in total. The highest BCUT2D eigenvalue weighted by Gasteiger charge is 2.11. The van der Waals surface area contributed by atoms with E-state index >= 15 is 0 Å². The number of carbonyl (C=O) groups excluding carboxylic acids is 1. The Balaban J connectivity index is 2.37. The number of ether oxygens (including phenoxy) is 1. The van der Waals surface area contributed by atoms with Gasteiger partial charge < -0.3 is 15.0 Å². The number of nitrogens with zero attached hydrogens (tertiary/aromatic N) is 2. The van der Waals surface area contributed by atoms with Crippen LogP contribution in [-0.4, -0.2) is 22.6 Å². The molecule has 0 aliphatic heterocycles. The number of hydrogen-bond donors (Lipinski definition) is 1. The van der Waals surface area contributed by atoms with Gasteiger partial charge in [0.05, 0.1) is 24.1 Å². The number of aromatic nitrogens is 2. The SMILES string of the molecule is COC(=O)CCn1c(N)nc2c(Cl)cccc21. The molecule has 0 aliphatic rings. The molecule has 0 spiro atoms. The van der Waals surface area contributed by atoms with E-state index in [0.29, 0.717) is 23.0 Å². The highest BCUT2D eigenvalue weighted by atomic mass is 35.5. The molecule has 17 heavy (non-hydrogen) atoms. The van der Waals surface area contributed by atoms with Crippen molar-refractivity contribution in [2.75, 3.05) is 12.8 Å². The van der Waals surface area contributed by atoms with Gasteiger partial charge in [-0.25, -0.2) is 4.98 Å². The van der Waals surface area contributed by atoms with Gasteiger partial charge in [-0.2, -0.15) is 0 Å². The number of anilines is 1. The number of nitrogen functional groups attached to an aromatic ring is 1. The summed E-state index contributed by atoms with van der Waals surface area (Å²) in [7, 11) is 1.36. The Labute approximate surface area is 103 Å². The Morgan fingerprint density at radius 1 is 1.59 bits per heavy atom. The number of carbonyl (C=O) groups is 1.